The molecule has 1 aliphatic rings. The zero-order valence-corrected chi connectivity index (χ0v) is 17.3. The van der Waals surface area contributed by atoms with Crippen molar-refractivity contribution >= 4 is 17.3 Å². The normalized spacial score (nSPS) is 15.7. The number of nitrogens with zero attached hydrogens (tertiary/aromatic N) is 4. The molecule has 1 aromatic carbocycles. The van der Waals surface area contributed by atoms with Crippen LogP contribution >= 0.6 is 0 Å². The predicted molar refractivity (Wildman–Crippen MR) is 120 cm³/mol. The number of pyridine rings is 1. The molecular weight excluding hydrogens is 360 g/mol. The summed E-state index contributed by atoms with van der Waals surface area (Å²) in [5.74, 6) is 0.813. The fourth-order valence-corrected chi connectivity index (χ4v) is 3.87. The van der Waals surface area contributed by atoms with Crippen molar-refractivity contribution in [1.29, 1.82) is 0 Å². The molecule has 0 bridgehead atoms. The number of guanidine groups is 1. The van der Waals surface area contributed by atoms with E-state index in [1.165, 1.54) is 24.1 Å². The van der Waals surface area contributed by atoms with Crippen LogP contribution in [0.2, 0.25) is 0 Å². The number of anilines is 1. The topological polar surface area (TPSA) is 57.0 Å². The van der Waals surface area contributed by atoms with E-state index in [1.807, 2.05) is 31.4 Å². The largest absolute Gasteiger partial charge is 0.372 e. The first-order valence-corrected chi connectivity index (χ1v) is 10.5. The lowest BCUT2D eigenvalue weighted by Crippen LogP contribution is -2.39. The number of rotatable bonds is 6. The summed E-state index contributed by atoms with van der Waals surface area (Å²) in [5, 5.41) is 6.92. The predicted octanol–water partition coefficient (Wildman–Crippen LogP) is 3.40. The number of hydrogen-bond donors (Lipinski definition) is 2. The van der Waals surface area contributed by atoms with Crippen molar-refractivity contribution in [3.8, 4) is 0 Å². The maximum absolute atomic E-state index is 4.65. The standard InChI is InChI=1S/C23H30N6/c1-18(19-8-7-9-21(16-19)28-13-5-6-14-28)26-23(24-2)25-12-11-20-17-29-15-4-3-10-22(29)27-20/h3-4,7-10,15-18H,5-6,11-14H2,1-2H3,(H2,24,25,26). The SMILES string of the molecule is CN=C(NCCc1cn2ccccc2n1)NC(C)c1cccc(N2CCCC2)c1. The fraction of sp³-hybridized carbons (Fsp3) is 0.391. The monoisotopic (exact) mass is 390 g/mol. The molecule has 0 radical (unpaired) electrons. The molecule has 152 valence electrons. The third kappa shape index (κ3) is 4.70. The number of benzene rings is 1. The summed E-state index contributed by atoms with van der Waals surface area (Å²) in [6.45, 7) is 5.29. The van der Waals surface area contributed by atoms with Gasteiger partial charge in [-0.2, -0.15) is 0 Å². The highest BCUT2D eigenvalue weighted by molar-refractivity contribution is 5.80. The maximum Gasteiger partial charge on any atom is 0.191 e. The highest BCUT2D eigenvalue weighted by Gasteiger charge is 2.14. The number of aliphatic imine (C=N–C) groups is 1. The van der Waals surface area contributed by atoms with Crippen molar-refractivity contribution in [2.75, 3.05) is 31.6 Å². The molecule has 1 unspecified atom stereocenters. The van der Waals surface area contributed by atoms with Gasteiger partial charge in [0.15, 0.2) is 5.96 Å². The minimum atomic E-state index is 0.180. The molecule has 6 nitrogen and oxygen atoms in total. The molecule has 2 aromatic heterocycles. The average molecular weight is 391 g/mol. The molecule has 29 heavy (non-hydrogen) atoms. The number of fused-ring (bicyclic) bond motifs is 1. The molecular formula is C23H30N6. The van der Waals surface area contributed by atoms with Gasteiger partial charge in [0.1, 0.15) is 5.65 Å². The van der Waals surface area contributed by atoms with Gasteiger partial charge in [-0.15, -0.1) is 0 Å². The van der Waals surface area contributed by atoms with Crippen molar-refractivity contribution in [3.63, 3.8) is 0 Å². The van der Waals surface area contributed by atoms with Crippen LogP contribution in [-0.2, 0) is 6.42 Å². The Morgan fingerprint density at radius 3 is 2.83 bits per heavy atom. The van der Waals surface area contributed by atoms with Crippen LogP contribution in [0.4, 0.5) is 5.69 Å². The summed E-state index contributed by atoms with van der Waals surface area (Å²) in [6.07, 6.45) is 7.54. The quantitative estimate of drug-likeness (QED) is 0.500. The maximum atomic E-state index is 4.65. The summed E-state index contributed by atoms with van der Waals surface area (Å²) >= 11 is 0. The summed E-state index contributed by atoms with van der Waals surface area (Å²) in [5.41, 5.74) is 4.66. The molecule has 0 saturated carbocycles. The Balaban J connectivity index is 1.32. The van der Waals surface area contributed by atoms with Gasteiger partial charge in [0.25, 0.3) is 0 Å². The van der Waals surface area contributed by atoms with Crippen molar-refractivity contribution in [1.82, 2.24) is 20.0 Å². The Morgan fingerprint density at radius 2 is 2.03 bits per heavy atom. The van der Waals surface area contributed by atoms with Gasteiger partial charge in [0, 0.05) is 51.2 Å². The minimum absolute atomic E-state index is 0.180. The van der Waals surface area contributed by atoms with Crippen LogP contribution in [0.1, 0.15) is 37.1 Å². The first-order chi connectivity index (χ1) is 14.2. The van der Waals surface area contributed by atoms with E-state index in [-0.39, 0.29) is 6.04 Å². The first-order valence-electron chi connectivity index (χ1n) is 10.5. The Bertz CT molecular complexity index is 937. The molecule has 0 spiro atoms. The average Bonchev–Trinajstić information content (AvgIpc) is 3.42. The molecule has 2 N–H and O–H groups in total. The van der Waals surface area contributed by atoms with Gasteiger partial charge in [-0.1, -0.05) is 18.2 Å². The van der Waals surface area contributed by atoms with E-state index in [0.29, 0.717) is 0 Å². The van der Waals surface area contributed by atoms with Crippen LogP contribution in [0.5, 0.6) is 0 Å². The summed E-state index contributed by atoms with van der Waals surface area (Å²) in [4.78, 5) is 11.5. The lowest BCUT2D eigenvalue weighted by atomic mass is 10.1. The molecule has 0 aliphatic carbocycles. The third-order valence-electron chi connectivity index (χ3n) is 5.51. The second-order valence-electron chi connectivity index (χ2n) is 7.60. The van der Waals surface area contributed by atoms with Crippen molar-refractivity contribution in [3.05, 3.63) is 66.1 Å². The Morgan fingerprint density at radius 1 is 1.17 bits per heavy atom. The van der Waals surface area contributed by atoms with E-state index in [0.717, 1.165) is 43.4 Å². The number of hydrogen-bond acceptors (Lipinski definition) is 3. The lowest BCUT2D eigenvalue weighted by molar-refractivity contribution is 0.683. The van der Waals surface area contributed by atoms with Gasteiger partial charge in [0.05, 0.1) is 11.7 Å². The minimum Gasteiger partial charge on any atom is -0.372 e. The molecule has 1 aliphatic heterocycles. The fourth-order valence-electron chi connectivity index (χ4n) is 3.87. The number of aromatic nitrogens is 2. The van der Waals surface area contributed by atoms with Crippen LogP contribution in [0.15, 0.2) is 59.9 Å². The smallest absolute Gasteiger partial charge is 0.191 e. The molecule has 4 rings (SSSR count). The summed E-state index contributed by atoms with van der Waals surface area (Å²) in [6, 6.07) is 15.1. The van der Waals surface area contributed by atoms with Gasteiger partial charge in [0.2, 0.25) is 0 Å². The molecule has 1 saturated heterocycles. The van der Waals surface area contributed by atoms with Gasteiger partial charge in [-0.3, -0.25) is 4.99 Å². The van der Waals surface area contributed by atoms with Crippen molar-refractivity contribution in [2.45, 2.75) is 32.2 Å². The van der Waals surface area contributed by atoms with Crippen LogP contribution in [0.3, 0.4) is 0 Å². The van der Waals surface area contributed by atoms with Crippen LogP contribution < -0.4 is 15.5 Å². The van der Waals surface area contributed by atoms with E-state index < -0.39 is 0 Å². The third-order valence-corrected chi connectivity index (χ3v) is 5.51. The van der Waals surface area contributed by atoms with E-state index in [4.69, 9.17) is 0 Å². The summed E-state index contributed by atoms with van der Waals surface area (Å²) in [7, 11) is 1.81. The van der Waals surface area contributed by atoms with E-state index in [1.54, 1.807) is 0 Å². The van der Waals surface area contributed by atoms with Crippen LogP contribution in [0.25, 0.3) is 5.65 Å². The highest BCUT2D eigenvalue weighted by atomic mass is 15.2. The van der Waals surface area contributed by atoms with Gasteiger partial charge in [-0.25, -0.2) is 4.98 Å². The van der Waals surface area contributed by atoms with Crippen molar-refractivity contribution in [2.24, 2.45) is 4.99 Å². The molecule has 1 atom stereocenters. The second-order valence-corrected chi connectivity index (χ2v) is 7.60. The molecule has 1 fully saturated rings. The zero-order chi connectivity index (χ0) is 20.1. The number of nitrogens with one attached hydrogen (secondary N) is 2. The van der Waals surface area contributed by atoms with Gasteiger partial charge >= 0.3 is 0 Å². The lowest BCUT2D eigenvalue weighted by Gasteiger charge is -2.22. The van der Waals surface area contributed by atoms with Crippen LogP contribution in [-0.4, -0.2) is 42.0 Å². The Kier molecular flexibility index (Phi) is 5.98. The zero-order valence-electron chi connectivity index (χ0n) is 17.3. The van der Waals surface area contributed by atoms with E-state index >= 15 is 0 Å². The molecule has 3 heterocycles. The molecule has 6 heteroatoms. The van der Waals surface area contributed by atoms with E-state index in [2.05, 4.69) is 67.3 Å². The van der Waals surface area contributed by atoms with Gasteiger partial charge in [-0.05, 0) is 49.6 Å². The summed E-state index contributed by atoms with van der Waals surface area (Å²) < 4.78 is 2.05. The second kappa shape index (κ2) is 8.99. The highest BCUT2D eigenvalue weighted by Crippen LogP contribution is 2.23. The molecule has 3 aromatic rings. The van der Waals surface area contributed by atoms with E-state index in [9.17, 15) is 0 Å². The van der Waals surface area contributed by atoms with Gasteiger partial charge < -0.3 is 19.9 Å². The Labute approximate surface area is 172 Å². The number of imidazole rings is 1. The molecule has 0 amide bonds. The van der Waals surface area contributed by atoms with Crippen LogP contribution in [0, 0.1) is 0 Å². The van der Waals surface area contributed by atoms with Crippen molar-refractivity contribution < 1.29 is 0 Å². The first kappa shape index (κ1) is 19.3. The Hall–Kier alpha value is -3.02.